The second-order valence-corrected chi connectivity index (χ2v) is 4.28. The van der Waals surface area contributed by atoms with Crippen LogP contribution in [0.5, 0.6) is 11.5 Å². The first-order valence-corrected chi connectivity index (χ1v) is 6.20. The minimum absolute atomic E-state index is 0.0372. The maximum Gasteiger partial charge on any atom is 0.349 e. The molecule has 0 amide bonds. The van der Waals surface area contributed by atoms with Gasteiger partial charge in [-0.15, -0.1) is 0 Å². The molecule has 0 atom stereocenters. The molecule has 0 aliphatic heterocycles. The standard InChI is InChI=1S/C15H13NO5/c1-11-4-2-3-5-14(11)21-15(17)10-20-13-8-6-12(7-9-13)16(18)19/h2-9H,10H2,1H3. The van der Waals surface area contributed by atoms with Crippen LogP contribution in [0.25, 0.3) is 0 Å². The van der Waals surface area contributed by atoms with Crippen LogP contribution in [0.2, 0.25) is 0 Å². The lowest BCUT2D eigenvalue weighted by Crippen LogP contribution is -2.18. The normalized spacial score (nSPS) is 9.95. The molecule has 0 bridgehead atoms. The van der Waals surface area contributed by atoms with Crippen molar-refractivity contribution in [2.45, 2.75) is 6.92 Å². The predicted octanol–water partition coefficient (Wildman–Crippen LogP) is 2.89. The highest BCUT2D eigenvalue weighted by molar-refractivity contribution is 5.74. The SMILES string of the molecule is Cc1ccccc1OC(=O)COc1ccc([N+](=O)[O-])cc1. The van der Waals surface area contributed by atoms with Crippen LogP contribution in [0.4, 0.5) is 5.69 Å². The van der Waals surface area contributed by atoms with Crippen molar-refractivity contribution in [1.29, 1.82) is 0 Å². The summed E-state index contributed by atoms with van der Waals surface area (Å²) in [6.07, 6.45) is 0. The lowest BCUT2D eigenvalue weighted by atomic mass is 10.2. The van der Waals surface area contributed by atoms with Crippen LogP contribution in [0.1, 0.15) is 5.56 Å². The molecule has 0 spiro atoms. The number of aryl methyl sites for hydroxylation is 1. The van der Waals surface area contributed by atoms with Crippen LogP contribution < -0.4 is 9.47 Å². The molecule has 0 fully saturated rings. The van der Waals surface area contributed by atoms with Crippen LogP contribution >= 0.6 is 0 Å². The number of para-hydroxylation sites is 1. The van der Waals surface area contributed by atoms with Crippen molar-refractivity contribution in [1.82, 2.24) is 0 Å². The van der Waals surface area contributed by atoms with Gasteiger partial charge in [0.25, 0.3) is 5.69 Å². The van der Waals surface area contributed by atoms with Gasteiger partial charge >= 0.3 is 5.97 Å². The Morgan fingerprint density at radius 2 is 1.81 bits per heavy atom. The molecule has 0 saturated carbocycles. The Bertz CT molecular complexity index is 651. The average molecular weight is 287 g/mol. The number of non-ortho nitro benzene ring substituents is 1. The van der Waals surface area contributed by atoms with E-state index in [1.165, 1.54) is 24.3 Å². The van der Waals surface area contributed by atoms with Gasteiger partial charge in [0.1, 0.15) is 11.5 Å². The third kappa shape index (κ3) is 4.04. The number of carbonyl (C=O) groups excluding carboxylic acids is 1. The summed E-state index contributed by atoms with van der Waals surface area (Å²) >= 11 is 0. The van der Waals surface area contributed by atoms with E-state index in [-0.39, 0.29) is 12.3 Å². The Morgan fingerprint density at radius 3 is 2.43 bits per heavy atom. The number of benzene rings is 2. The summed E-state index contributed by atoms with van der Waals surface area (Å²) in [6, 6.07) is 12.6. The van der Waals surface area contributed by atoms with Crippen LogP contribution in [-0.4, -0.2) is 17.5 Å². The largest absolute Gasteiger partial charge is 0.482 e. The van der Waals surface area contributed by atoms with Gasteiger partial charge in [0.2, 0.25) is 0 Å². The molecule has 0 unspecified atom stereocenters. The van der Waals surface area contributed by atoms with Crippen molar-refractivity contribution < 1.29 is 19.2 Å². The van der Waals surface area contributed by atoms with Gasteiger partial charge in [-0.3, -0.25) is 10.1 Å². The van der Waals surface area contributed by atoms with Crippen molar-refractivity contribution in [2.75, 3.05) is 6.61 Å². The molecule has 0 aliphatic carbocycles. The lowest BCUT2D eigenvalue weighted by molar-refractivity contribution is -0.384. The Morgan fingerprint density at radius 1 is 1.14 bits per heavy atom. The molecular formula is C15H13NO5. The summed E-state index contributed by atoms with van der Waals surface area (Å²) in [4.78, 5) is 21.7. The van der Waals surface area contributed by atoms with Crippen molar-refractivity contribution in [3.05, 3.63) is 64.2 Å². The zero-order valence-corrected chi connectivity index (χ0v) is 11.3. The van der Waals surface area contributed by atoms with Gasteiger partial charge in [0.15, 0.2) is 6.61 Å². The van der Waals surface area contributed by atoms with Gasteiger partial charge in [-0.1, -0.05) is 18.2 Å². The maximum atomic E-state index is 11.7. The summed E-state index contributed by atoms with van der Waals surface area (Å²) in [7, 11) is 0. The second kappa shape index (κ2) is 6.51. The molecule has 2 aromatic carbocycles. The van der Waals surface area contributed by atoms with Crippen LogP contribution in [0, 0.1) is 17.0 Å². The number of nitro groups is 1. The topological polar surface area (TPSA) is 78.7 Å². The molecule has 0 saturated heterocycles. The first-order valence-electron chi connectivity index (χ1n) is 6.20. The zero-order valence-electron chi connectivity index (χ0n) is 11.3. The Labute approximate surface area is 121 Å². The van der Waals surface area contributed by atoms with E-state index in [4.69, 9.17) is 9.47 Å². The molecule has 0 heterocycles. The smallest absolute Gasteiger partial charge is 0.349 e. The number of carbonyl (C=O) groups is 1. The molecule has 2 aromatic rings. The summed E-state index contributed by atoms with van der Waals surface area (Å²) < 4.78 is 10.4. The van der Waals surface area contributed by atoms with E-state index in [1.54, 1.807) is 12.1 Å². The van der Waals surface area contributed by atoms with Crippen molar-refractivity contribution in [2.24, 2.45) is 0 Å². The van der Waals surface area contributed by atoms with Gasteiger partial charge < -0.3 is 9.47 Å². The van der Waals surface area contributed by atoms with E-state index >= 15 is 0 Å². The van der Waals surface area contributed by atoms with E-state index < -0.39 is 10.9 Å². The fourth-order valence-electron chi connectivity index (χ4n) is 1.63. The van der Waals surface area contributed by atoms with Gasteiger partial charge in [0, 0.05) is 12.1 Å². The fourth-order valence-corrected chi connectivity index (χ4v) is 1.63. The van der Waals surface area contributed by atoms with Crippen molar-refractivity contribution in [3.8, 4) is 11.5 Å². The molecule has 0 aromatic heterocycles. The van der Waals surface area contributed by atoms with E-state index in [0.29, 0.717) is 11.5 Å². The number of hydrogen-bond donors (Lipinski definition) is 0. The van der Waals surface area contributed by atoms with Gasteiger partial charge in [-0.05, 0) is 30.7 Å². The molecule has 108 valence electrons. The minimum Gasteiger partial charge on any atom is -0.482 e. The third-order valence-electron chi connectivity index (χ3n) is 2.72. The van der Waals surface area contributed by atoms with Crippen LogP contribution in [0.15, 0.2) is 48.5 Å². The van der Waals surface area contributed by atoms with Crippen molar-refractivity contribution in [3.63, 3.8) is 0 Å². The van der Waals surface area contributed by atoms with E-state index in [9.17, 15) is 14.9 Å². The Kier molecular flexibility index (Phi) is 4.50. The number of rotatable bonds is 5. The second-order valence-electron chi connectivity index (χ2n) is 4.28. The molecule has 6 heteroatoms. The highest BCUT2D eigenvalue weighted by atomic mass is 16.6. The number of hydrogen-bond acceptors (Lipinski definition) is 5. The highest BCUT2D eigenvalue weighted by Gasteiger charge is 2.09. The van der Waals surface area contributed by atoms with Crippen molar-refractivity contribution >= 4 is 11.7 Å². The molecular weight excluding hydrogens is 274 g/mol. The summed E-state index contributed by atoms with van der Waals surface area (Å²) in [5, 5.41) is 10.5. The molecule has 0 aliphatic rings. The van der Waals surface area contributed by atoms with Crippen LogP contribution in [0.3, 0.4) is 0 Å². The van der Waals surface area contributed by atoms with E-state index in [1.807, 2.05) is 19.1 Å². The molecule has 6 nitrogen and oxygen atoms in total. The summed E-state index contributed by atoms with van der Waals surface area (Å²) in [6.45, 7) is 1.56. The number of nitrogens with zero attached hydrogens (tertiary/aromatic N) is 1. The number of esters is 1. The summed E-state index contributed by atoms with van der Waals surface area (Å²) in [5.41, 5.74) is 0.811. The van der Waals surface area contributed by atoms with E-state index in [2.05, 4.69) is 0 Å². The Balaban J connectivity index is 1.89. The molecule has 21 heavy (non-hydrogen) atoms. The first-order chi connectivity index (χ1) is 10.1. The quantitative estimate of drug-likeness (QED) is 0.365. The lowest BCUT2D eigenvalue weighted by Gasteiger charge is -2.08. The third-order valence-corrected chi connectivity index (χ3v) is 2.72. The Hall–Kier alpha value is -2.89. The highest BCUT2D eigenvalue weighted by Crippen LogP contribution is 2.18. The zero-order chi connectivity index (χ0) is 15.2. The minimum atomic E-state index is -0.539. The van der Waals surface area contributed by atoms with Crippen LogP contribution in [-0.2, 0) is 4.79 Å². The van der Waals surface area contributed by atoms with Gasteiger partial charge in [-0.25, -0.2) is 4.79 Å². The first kappa shape index (κ1) is 14.5. The number of ether oxygens (including phenoxy) is 2. The molecule has 2 rings (SSSR count). The summed E-state index contributed by atoms with van der Waals surface area (Å²) in [5.74, 6) is 0.305. The average Bonchev–Trinajstić information content (AvgIpc) is 2.48. The van der Waals surface area contributed by atoms with Gasteiger partial charge in [0.05, 0.1) is 4.92 Å². The van der Waals surface area contributed by atoms with E-state index in [0.717, 1.165) is 5.56 Å². The molecule has 0 radical (unpaired) electrons. The predicted molar refractivity (Wildman–Crippen MR) is 75.4 cm³/mol. The monoisotopic (exact) mass is 287 g/mol. The van der Waals surface area contributed by atoms with Gasteiger partial charge in [-0.2, -0.15) is 0 Å². The fraction of sp³-hybridized carbons (Fsp3) is 0.133. The number of nitro benzene ring substituents is 1. The molecule has 0 N–H and O–H groups in total. The maximum absolute atomic E-state index is 11.7.